The fourth-order valence-corrected chi connectivity index (χ4v) is 2.43. The van der Waals surface area contributed by atoms with Gasteiger partial charge in [-0.2, -0.15) is 0 Å². The molecule has 2 atom stereocenters. The fraction of sp³-hybridized carbons (Fsp3) is 0.600. The first-order valence-electron chi connectivity index (χ1n) is 6.74. The van der Waals surface area contributed by atoms with Crippen LogP contribution in [-0.4, -0.2) is 31.2 Å². The molecule has 18 heavy (non-hydrogen) atoms. The molecule has 1 aromatic carbocycles. The van der Waals surface area contributed by atoms with E-state index in [4.69, 9.17) is 4.74 Å². The standard InChI is InChI=1S/C15H22FNO/c1-12(13-6-8-14(16)9-7-13)17(2)11-15-5-3-4-10-18-15/h6-9,12,15H,3-5,10-11H2,1-2H3. The van der Waals surface area contributed by atoms with Gasteiger partial charge in [0.25, 0.3) is 0 Å². The van der Waals surface area contributed by atoms with Crippen molar-refractivity contribution in [2.75, 3.05) is 20.2 Å². The summed E-state index contributed by atoms with van der Waals surface area (Å²) < 4.78 is 18.6. The van der Waals surface area contributed by atoms with Gasteiger partial charge in [-0.3, -0.25) is 4.90 Å². The van der Waals surface area contributed by atoms with Gasteiger partial charge in [-0.05, 0) is 50.9 Å². The van der Waals surface area contributed by atoms with Crippen molar-refractivity contribution in [1.82, 2.24) is 4.90 Å². The lowest BCUT2D eigenvalue weighted by Crippen LogP contribution is -2.34. The fourth-order valence-electron chi connectivity index (χ4n) is 2.43. The van der Waals surface area contributed by atoms with Gasteiger partial charge in [-0.15, -0.1) is 0 Å². The van der Waals surface area contributed by atoms with E-state index < -0.39 is 0 Å². The third-order valence-electron chi connectivity index (χ3n) is 3.78. The van der Waals surface area contributed by atoms with Crippen molar-refractivity contribution >= 4 is 0 Å². The maximum atomic E-state index is 12.9. The van der Waals surface area contributed by atoms with Crippen LogP contribution in [0.2, 0.25) is 0 Å². The third kappa shape index (κ3) is 3.53. The van der Waals surface area contributed by atoms with Crippen LogP contribution < -0.4 is 0 Å². The molecule has 0 aliphatic carbocycles. The van der Waals surface area contributed by atoms with Gasteiger partial charge >= 0.3 is 0 Å². The molecule has 0 radical (unpaired) electrons. The van der Waals surface area contributed by atoms with E-state index in [2.05, 4.69) is 18.9 Å². The summed E-state index contributed by atoms with van der Waals surface area (Å²) in [6, 6.07) is 7.06. The highest BCUT2D eigenvalue weighted by Crippen LogP contribution is 2.21. The molecule has 0 aromatic heterocycles. The van der Waals surface area contributed by atoms with Crippen LogP contribution in [0.1, 0.15) is 37.8 Å². The van der Waals surface area contributed by atoms with Gasteiger partial charge in [-0.25, -0.2) is 4.39 Å². The van der Waals surface area contributed by atoms with Gasteiger partial charge < -0.3 is 4.74 Å². The largest absolute Gasteiger partial charge is 0.377 e. The molecule has 3 heteroatoms. The SMILES string of the molecule is CC(c1ccc(F)cc1)N(C)CC1CCCCO1. The van der Waals surface area contributed by atoms with Crippen LogP contribution in [0.5, 0.6) is 0 Å². The number of ether oxygens (including phenoxy) is 1. The minimum absolute atomic E-state index is 0.177. The molecule has 1 heterocycles. The molecular weight excluding hydrogens is 229 g/mol. The van der Waals surface area contributed by atoms with E-state index in [1.165, 1.54) is 25.0 Å². The number of halogens is 1. The maximum absolute atomic E-state index is 12.9. The van der Waals surface area contributed by atoms with Gasteiger partial charge in [-0.1, -0.05) is 12.1 Å². The van der Waals surface area contributed by atoms with Gasteiger partial charge in [0.15, 0.2) is 0 Å². The zero-order valence-corrected chi connectivity index (χ0v) is 11.2. The molecule has 2 unspecified atom stereocenters. The van der Waals surface area contributed by atoms with Crippen LogP contribution >= 0.6 is 0 Å². The molecule has 1 aromatic rings. The Bertz CT molecular complexity index is 359. The number of likely N-dealkylation sites (N-methyl/N-ethyl adjacent to an activating group) is 1. The first-order valence-corrected chi connectivity index (χ1v) is 6.74. The Morgan fingerprint density at radius 1 is 1.33 bits per heavy atom. The van der Waals surface area contributed by atoms with Crippen molar-refractivity contribution in [3.05, 3.63) is 35.6 Å². The van der Waals surface area contributed by atoms with Crippen molar-refractivity contribution in [3.63, 3.8) is 0 Å². The van der Waals surface area contributed by atoms with Crippen molar-refractivity contribution in [3.8, 4) is 0 Å². The molecule has 1 aliphatic heterocycles. The molecule has 2 nitrogen and oxygen atoms in total. The lowest BCUT2D eigenvalue weighted by atomic mass is 10.0. The summed E-state index contributed by atoms with van der Waals surface area (Å²) in [6.45, 7) is 3.98. The molecule has 1 saturated heterocycles. The summed E-state index contributed by atoms with van der Waals surface area (Å²) in [6.07, 6.45) is 3.96. The average Bonchev–Trinajstić information content (AvgIpc) is 2.40. The topological polar surface area (TPSA) is 12.5 Å². The molecule has 0 amide bonds. The second kappa shape index (κ2) is 6.30. The molecule has 0 bridgehead atoms. The number of benzene rings is 1. The predicted molar refractivity (Wildman–Crippen MR) is 71.0 cm³/mol. The third-order valence-corrected chi connectivity index (χ3v) is 3.78. The minimum atomic E-state index is -0.177. The van der Waals surface area contributed by atoms with Crippen LogP contribution in [0.4, 0.5) is 4.39 Å². The van der Waals surface area contributed by atoms with Crippen molar-refractivity contribution < 1.29 is 9.13 Å². The van der Waals surface area contributed by atoms with E-state index in [-0.39, 0.29) is 11.9 Å². The zero-order chi connectivity index (χ0) is 13.0. The van der Waals surface area contributed by atoms with Crippen LogP contribution in [0.25, 0.3) is 0 Å². The second-order valence-electron chi connectivity index (χ2n) is 5.16. The van der Waals surface area contributed by atoms with E-state index in [1.54, 1.807) is 0 Å². The molecule has 2 rings (SSSR count). The average molecular weight is 251 g/mol. The first kappa shape index (κ1) is 13.5. The first-order chi connectivity index (χ1) is 8.66. The highest BCUT2D eigenvalue weighted by molar-refractivity contribution is 5.19. The Hall–Kier alpha value is -0.930. The highest BCUT2D eigenvalue weighted by Gasteiger charge is 2.19. The molecule has 100 valence electrons. The van der Waals surface area contributed by atoms with Crippen molar-refractivity contribution in [1.29, 1.82) is 0 Å². The normalized spacial score (nSPS) is 22.1. The molecule has 0 saturated carbocycles. The number of rotatable bonds is 4. The molecule has 1 fully saturated rings. The van der Waals surface area contributed by atoms with Crippen LogP contribution in [0.15, 0.2) is 24.3 Å². The van der Waals surface area contributed by atoms with Gasteiger partial charge in [0.05, 0.1) is 6.10 Å². The molecule has 0 spiro atoms. The van der Waals surface area contributed by atoms with Crippen LogP contribution in [-0.2, 0) is 4.74 Å². The lowest BCUT2D eigenvalue weighted by molar-refractivity contribution is -0.00715. The Labute approximate surface area is 109 Å². The Morgan fingerprint density at radius 2 is 2.06 bits per heavy atom. The highest BCUT2D eigenvalue weighted by atomic mass is 19.1. The second-order valence-corrected chi connectivity index (χ2v) is 5.16. The predicted octanol–water partition coefficient (Wildman–Crippen LogP) is 3.39. The smallest absolute Gasteiger partial charge is 0.123 e. The molecule has 1 aliphatic rings. The Kier molecular flexibility index (Phi) is 4.72. The number of hydrogen-bond acceptors (Lipinski definition) is 2. The lowest BCUT2D eigenvalue weighted by Gasteiger charge is -2.31. The number of hydrogen-bond donors (Lipinski definition) is 0. The molecule has 0 N–H and O–H groups in total. The van der Waals surface area contributed by atoms with Crippen LogP contribution in [0.3, 0.4) is 0 Å². The van der Waals surface area contributed by atoms with E-state index in [9.17, 15) is 4.39 Å². The maximum Gasteiger partial charge on any atom is 0.123 e. The van der Waals surface area contributed by atoms with E-state index in [1.807, 2.05) is 12.1 Å². The Morgan fingerprint density at radius 3 is 2.67 bits per heavy atom. The summed E-state index contributed by atoms with van der Waals surface area (Å²) in [4.78, 5) is 2.28. The summed E-state index contributed by atoms with van der Waals surface area (Å²) in [5.41, 5.74) is 1.15. The molecular formula is C15H22FNO. The summed E-state index contributed by atoms with van der Waals surface area (Å²) in [5.74, 6) is -0.177. The number of nitrogens with zero attached hydrogens (tertiary/aromatic N) is 1. The zero-order valence-electron chi connectivity index (χ0n) is 11.2. The van der Waals surface area contributed by atoms with E-state index in [0.717, 1.165) is 25.1 Å². The summed E-state index contributed by atoms with van der Waals surface area (Å²) >= 11 is 0. The quantitative estimate of drug-likeness (QED) is 0.813. The van der Waals surface area contributed by atoms with E-state index in [0.29, 0.717) is 6.10 Å². The van der Waals surface area contributed by atoms with E-state index >= 15 is 0 Å². The Balaban J connectivity index is 1.91. The van der Waals surface area contributed by atoms with Gasteiger partial charge in [0.1, 0.15) is 5.82 Å². The van der Waals surface area contributed by atoms with Crippen LogP contribution in [0, 0.1) is 5.82 Å². The van der Waals surface area contributed by atoms with Crippen molar-refractivity contribution in [2.24, 2.45) is 0 Å². The summed E-state index contributed by atoms with van der Waals surface area (Å²) in [5, 5.41) is 0. The monoisotopic (exact) mass is 251 g/mol. The van der Waals surface area contributed by atoms with Gasteiger partial charge in [0, 0.05) is 19.2 Å². The summed E-state index contributed by atoms with van der Waals surface area (Å²) in [7, 11) is 2.10. The minimum Gasteiger partial charge on any atom is -0.377 e. The van der Waals surface area contributed by atoms with Crippen molar-refractivity contribution in [2.45, 2.75) is 38.3 Å². The van der Waals surface area contributed by atoms with Gasteiger partial charge in [0.2, 0.25) is 0 Å².